The quantitative estimate of drug-likeness (QED) is 0.434. The highest BCUT2D eigenvalue weighted by Crippen LogP contribution is 2.35. The Balaban J connectivity index is 1.39. The van der Waals surface area contributed by atoms with Gasteiger partial charge in [0.05, 0.1) is 25.3 Å². The molecule has 0 saturated carbocycles. The van der Waals surface area contributed by atoms with Crippen LogP contribution in [0.2, 0.25) is 0 Å². The first-order valence-electron chi connectivity index (χ1n) is 12.5. The molecule has 1 aliphatic heterocycles. The summed E-state index contributed by atoms with van der Waals surface area (Å²) in [5.74, 6) is 7.02. The topological polar surface area (TPSA) is 95.8 Å². The molecular weight excluding hydrogens is 454 g/mol. The third-order valence-corrected chi connectivity index (χ3v) is 7.07. The van der Waals surface area contributed by atoms with Gasteiger partial charge in [0.2, 0.25) is 0 Å². The molecule has 0 bridgehead atoms. The summed E-state index contributed by atoms with van der Waals surface area (Å²) in [4.78, 5) is 22.0. The second-order valence-electron chi connectivity index (χ2n) is 9.39. The lowest BCUT2D eigenvalue weighted by Crippen LogP contribution is -2.41. The third-order valence-electron chi connectivity index (χ3n) is 7.07. The number of fused-ring (bicyclic) bond motifs is 1. The number of rotatable bonds is 9. The number of ether oxygens (including phenoxy) is 1. The molecule has 36 heavy (non-hydrogen) atoms. The normalized spacial score (nSPS) is 18.8. The third kappa shape index (κ3) is 6.81. The van der Waals surface area contributed by atoms with Crippen LogP contribution in [0, 0.1) is 23.7 Å². The summed E-state index contributed by atoms with van der Waals surface area (Å²) >= 11 is 0. The number of hydrogen-bond donors (Lipinski definition) is 2. The number of aliphatic hydroxyl groups is 1. The number of hydrogen-bond acceptors (Lipinski definition) is 6. The SMILES string of the molecule is COc1ccc2nccc(C(O)CC[C@@H]3CCN(CC#Cc4ccncc4)C[C@@H]3CCC(=O)O)c2c1. The minimum atomic E-state index is -0.763. The van der Waals surface area contributed by atoms with Gasteiger partial charge >= 0.3 is 5.97 Å². The molecule has 0 spiro atoms. The van der Waals surface area contributed by atoms with Crippen molar-refractivity contribution in [2.24, 2.45) is 11.8 Å². The number of aromatic nitrogens is 2. The standard InChI is InChI=1S/C29H33N3O4/c1-36-24-6-7-27-26(19-24)25(12-16-31-27)28(33)8-4-22-13-18-32(20-23(22)5-9-29(34)35)17-2-3-21-10-14-30-15-11-21/h6-7,10-12,14-16,19,22-23,28,33H,4-5,8-9,13,17-18,20H2,1H3,(H,34,35)/t22-,23+,28?/m1/s1. The largest absolute Gasteiger partial charge is 0.497 e. The van der Waals surface area contributed by atoms with Crippen LogP contribution in [-0.2, 0) is 4.79 Å². The van der Waals surface area contributed by atoms with Crippen molar-refractivity contribution in [1.82, 2.24) is 14.9 Å². The molecule has 0 radical (unpaired) electrons. The Labute approximate surface area is 212 Å². The number of likely N-dealkylation sites (tertiary alicyclic amines) is 1. The van der Waals surface area contributed by atoms with Gasteiger partial charge in [0.25, 0.3) is 0 Å². The number of carboxylic acids is 1. The lowest BCUT2D eigenvalue weighted by Gasteiger charge is -2.38. The Morgan fingerprint density at radius 2 is 2.00 bits per heavy atom. The average Bonchev–Trinajstić information content (AvgIpc) is 2.91. The minimum absolute atomic E-state index is 0.162. The zero-order valence-corrected chi connectivity index (χ0v) is 20.6. The van der Waals surface area contributed by atoms with Crippen LogP contribution in [0.1, 0.15) is 49.3 Å². The number of carboxylic acid groups (broad SMARTS) is 1. The number of aliphatic carboxylic acids is 1. The van der Waals surface area contributed by atoms with Crippen molar-refractivity contribution in [1.29, 1.82) is 0 Å². The van der Waals surface area contributed by atoms with Gasteiger partial charge in [-0.25, -0.2) is 0 Å². The molecule has 3 atom stereocenters. The van der Waals surface area contributed by atoms with Gasteiger partial charge in [-0.2, -0.15) is 0 Å². The molecule has 1 saturated heterocycles. The molecule has 2 aromatic heterocycles. The van der Waals surface area contributed by atoms with Gasteiger partial charge in [-0.1, -0.05) is 11.8 Å². The van der Waals surface area contributed by atoms with E-state index in [4.69, 9.17) is 4.74 Å². The maximum atomic E-state index is 11.3. The van der Waals surface area contributed by atoms with Gasteiger partial charge in [0.15, 0.2) is 0 Å². The Bertz CT molecular complexity index is 1220. The number of benzene rings is 1. The van der Waals surface area contributed by atoms with Crippen molar-refractivity contribution in [2.45, 2.75) is 38.2 Å². The molecule has 3 heterocycles. The van der Waals surface area contributed by atoms with Crippen LogP contribution in [0.5, 0.6) is 5.75 Å². The molecule has 3 aromatic rings. The second kappa shape index (κ2) is 12.5. The van der Waals surface area contributed by atoms with E-state index in [-0.39, 0.29) is 12.3 Å². The van der Waals surface area contributed by atoms with E-state index in [9.17, 15) is 15.0 Å². The highest BCUT2D eigenvalue weighted by Gasteiger charge is 2.29. The summed E-state index contributed by atoms with van der Waals surface area (Å²) in [5, 5.41) is 21.3. The van der Waals surface area contributed by atoms with Crippen molar-refractivity contribution in [3.63, 3.8) is 0 Å². The lowest BCUT2D eigenvalue weighted by atomic mass is 9.79. The molecule has 1 aliphatic rings. The predicted molar refractivity (Wildman–Crippen MR) is 139 cm³/mol. The number of methoxy groups -OCH3 is 1. The molecule has 1 aromatic carbocycles. The number of nitrogens with zero attached hydrogens (tertiary/aromatic N) is 3. The molecule has 188 valence electrons. The van der Waals surface area contributed by atoms with E-state index in [0.717, 1.165) is 53.7 Å². The smallest absolute Gasteiger partial charge is 0.303 e. The van der Waals surface area contributed by atoms with E-state index >= 15 is 0 Å². The van der Waals surface area contributed by atoms with E-state index in [0.29, 0.717) is 25.3 Å². The summed E-state index contributed by atoms with van der Waals surface area (Å²) in [6.45, 7) is 2.41. The fourth-order valence-corrected chi connectivity index (χ4v) is 5.10. The fraction of sp³-hybridized carbons (Fsp3) is 0.414. The number of carbonyl (C=O) groups is 1. The molecular formula is C29H33N3O4. The van der Waals surface area contributed by atoms with Gasteiger partial charge in [-0.05, 0) is 86.0 Å². The highest BCUT2D eigenvalue weighted by molar-refractivity contribution is 5.83. The van der Waals surface area contributed by atoms with Gasteiger partial charge in [-0.3, -0.25) is 19.7 Å². The van der Waals surface area contributed by atoms with Crippen LogP contribution >= 0.6 is 0 Å². The van der Waals surface area contributed by atoms with Gasteiger partial charge in [0, 0.05) is 42.5 Å². The molecule has 7 nitrogen and oxygen atoms in total. The Morgan fingerprint density at radius 1 is 1.17 bits per heavy atom. The first-order valence-corrected chi connectivity index (χ1v) is 12.5. The van der Waals surface area contributed by atoms with Crippen LogP contribution in [0.15, 0.2) is 55.0 Å². The van der Waals surface area contributed by atoms with E-state index in [2.05, 4.69) is 26.7 Å². The average molecular weight is 488 g/mol. The molecule has 4 rings (SSSR count). The van der Waals surface area contributed by atoms with Crippen LogP contribution < -0.4 is 4.74 Å². The van der Waals surface area contributed by atoms with Crippen molar-refractivity contribution in [3.05, 3.63) is 66.1 Å². The predicted octanol–water partition coefficient (Wildman–Crippen LogP) is 4.31. The van der Waals surface area contributed by atoms with Gasteiger partial charge in [-0.15, -0.1) is 0 Å². The zero-order chi connectivity index (χ0) is 25.3. The van der Waals surface area contributed by atoms with Crippen LogP contribution in [-0.4, -0.2) is 57.8 Å². The van der Waals surface area contributed by atoms with E-state index in [1.54, 1.807) is 25.7 Å². The molecule has 0 amide bonds. The summed E-state index contributed by atoms with van der Waals surface area (Å²) in [6, 6.07) is 11.3. The Hall–Kier alpha value is -3.47. The second-order valence-corrected chi connectivity index (χ2v) is 9.39. The van der Waals surface area contributed by atoms with Crippen molar-refractivity contribution < 1.29 is 19.7 Å². The highest BCUT2D eigenvalue weighted by atomic mass is 16.5. The number of aliphatic hydroxyl groups excluding tert-OH is 1. The van der Waals surface area contributed by atoms with E-state index < -0.39 is 12.1 Å². The van der Waals surface area contributed by atoms with E-state index in [1.807, 2.05) is 36.4 Å². The fourth-order valence-electron chi connectivity index (χ4n) is 5.10. The van der Waals surface area contributed by atoms with Gasteiger partial charge in [0.1, 0.15) is 5.75 Å². The molecule has 2 N–H and O–H groups in total. The number of piperidine rings is 1. The van der Waals surface area contributed by atoms with Gasteiger partial charge < -0.3 is 14.9 Å². The summed E-state index contributed by atoms with van der Waals surface area (Å²) < 4.78 is 5.36. The molecule has 1 fully saturated rings. The Morgan fingerprint density at radius 3 is 2.78 bits per heavy atom. The first-order chi connectivity index (χ1) is 17.5. The summed E-state index contributed by atoms with van der Waals surface area (Å²) in [5.41, 5.74) is 2.62. The van der Waals surface area contributed by atoms with E-state index in [1.165, 1.54) is 0 Å². The van der Waals surface area contributed by atoms with Crippen LogP contribution in [0.3, 0.4) is 0 Å². The lowest BCUT2D eigenvalue weighted by molar-refractivity contribution is -0.137. The molecule has 1 unspecified atom stereocenters. The van der Waals surface area contributed by atoms with Crippen molar-refractivity contribution >= 4 is 16.9 Å². The summed E-state index contributed by atoms with van der Waals surface area (Å²) in [6.07, 6.45) is 7.81. The zero-order valence-electron chi connectivity index (χ0n) is 20.6. The molecule has 7 heteroatoms. The maximum Gasteiger partial charge on any atom is 0.303 e. The maximum absolute atomic E-state index is 11.3. The number of pyridine rings is 2. The monoisotopic (exact) mass is 487 g/mol. The first kappa shape index (κ1) is 25.6. The van der Waals surface area contributed by atoms with Crippen LogP contribution in [0.4, 0.5) is 0 Å². The van der Waals surface area contributed by atoms with Crippen molar-refractivity contribution in [3.8, 4) is 17.6 Å². The van der Waals surface area contributed by atoms with Crippen molar-refractivity contribution in [2.75, 3.05) is 26.7 Å². The molecule has 0 aliphatic carbocycles. The minimum Gasteiger partial charge on any atom is -0.497 e. The van der Waals surface area contributed by atoms with Crippen LogP contribution in [0.25, 0.3) is 10.9 Å². The Kier molecular flexibility index (Phi) is 8.88. The summed E-state index contributed by atoms with van der Waals surface area (Å²) in [7, 11) is 1.63.